The van der Waals surface area contributed by atoms with Crippen LogP contribution in [0.3, 0.4) is 0 Å². The number of fused-ring (bicyclic) bond motifs is 1. The van der Waals surface area contributed by atoms with Crippen molar-refractivity contribution in [1.29, 1.82) is 0 Å². The van der Waals surface area contributed by atoms with Crippen LogP contribution in [-0.2, 0) is 16.3 Å². The highest BCUT2D eigenvalue weighted by atomic mass is 32.2. The van der Waals surface area contributed by atoms with Crippen LogP contribution in [0.15, 0.2) is 40.4 Å². The second-order valence-corrected chi connectivity index (χ2v) is 5.80. The quantitative estimate of drug-likeness (QED) is 0.298. The summed E-state index contributed by atoms with van der Waals surface area (Å²) in [6.07, 6.45) is 1.55. The van der Waals surface area contributed by atoms with Gasteiger partial charge in [-0.25, -0.2) is 19.2 Å². The molecule has 0 saturated carbocycles. The minimum atomic E-state index is -0.376. The summed E-state index contributed by atoms with van der Waals surface area (Å²) in [5, 5.41) is 0.908. The molecule has 0 bridgehead atoms. The molecule has 2 heterocycles. The first-order valence-corrected chi connectivity index (χ1v) is 7.92. The Morgan fingerprint density at radius 2 is 2.04 bits per heavy atom. The van der Waals surface area contributed by atoms with Crippen molar-refractivity contribution < 1.29 is 18.3 Å². The topological polar surface area (TPSA) is 75.5 Å². The normalized spacial score (nSPS) is 11.0. The van der Waals surface area contributed by atoms with Crippen molar-refractivity contribution >= 4 is 23.1 Å². The fourth-order valence-electron chi connectivity index (χ4n) is 2.22. The van der Waals surface area contributed by atoms with Crippen LogP contribution in [0.1, 0.15) is 5.56 Å². The number of rotatable bonds is 5. The highest BCUT2D eigenvalue weighted by molar-refractivity contribution is 7.94. The van der Waals surface area contributed by atoms with E-state index in [-0.39, 0.29) is 17.1 Å². The number of pyridine rings is 1. The molecule has 0 radical (unpaired) electrons. The highest BCUT2D eigenvalue weighted by Crippen LogP contribution is 2.25. The summed E-state index contributed by atoms with van der Waals surface area (Å²) in [6, 6.07) is 5.64. The van der Waals surface area contributed by atoms with Gasteiger partial charge in [-0.15, -0.1) is 0 Å². The van der Waals surface area contributed by atoms with E-state index in [0.29, 0.717) is 27.5 Å². The van der Waals surface area contributed by atoms with E-state index in [1.807, 2.05) is 0 Å². The molecule has 3 aromatic rings. The van der Waals surface area contributed by atoms with Crippen molar-refractivity contribution in [2.75, 3.05) is 7.11 Å². The Balaban J connectivity index is 2.02. The maximum absolute atomic E-state index is 13.2. The van der Waals surface area contributed by atoms with Crippen LogP contribution in [0, 0.1) is 12.7 Å². The summed E-state index contributed by atoms with van der Waals surface area (Å²) in [4.78, 5) is 25.4. The monoisotopic (exact) mass is 363 g/mol. The molecule has 0 spiro atoms. The number of aryl methyl sites for hydroxylation is 2. The molecule has 0 unspecified atom stereocenters. The average Bonchev–Trinajstić information content (AvgIpc) is 2.60. The van der Waals surface area contributed by atoms with Crippen molar-refractivity contribution in [3.63, 3.8) is 0 Å². The SMILES string of the molecule is COOSc1ncc2cc(Oc3ccc(F)cc3C)c(=O)n(C)c2n1. The number of nitrogens with zero attached hydrogens (tertiary/aromatic N) is 3. The van der Waals surface area contributed by atoms with Crippen molar-refractivity contribution in [1.82, 2.24) is 14.5 Å². The van der Waals surface area contributed by atoms with Crippen molar-refractivity contribution in [3.8, 4) is 11.5 Å². The van der Waals surface area contributed by atoms with Gasteiger partial charge < -0.3 is 4.74 Å². The van der Waals surface area contributed by atoms with Gasteiger partial charge in [0, 0.05) is 18.6 Å². The Kier molecular flexibility index (Phi) is 4.98. The molecule has 9 heteroatoms. The highest BCUT2D eigenvalue weighted by Gasteiger charge is 2.13. The minimum Gasteiger partial charge on any atom is -0.451 e. The zero-order valence-electron chi connectivity index (χ0n) is 13.6. The first kappa shape index (κ1) is 17.3. The summed E-state index contributed by atoms with van der Waals surface area (Å²) in [5.41, 5.74) is 0.630. The van der Waals surface area contributed by atoms with Crippen LogP contribution in [0.25, 0.3) is 11.0 Å². The van der Waals surface area contributed by atoms with Crippen LogP contribution in [0.5, 0.6) is 11.5 Å². The van der Waals surface area contributed by atoms with Crippen LogP contribution in [-0.4, -0.2) is 21.6 Å². The number of hydrogen-bond donors (Lipinski definition) is 0. The Hall–Kier alpha value is -2.49. The molecule has 0 amide bonds. The second kappa shape index (κ2) is 7.18. The molecule has 7 nitrogen and oxygen atoms in total. The molecule has 130 valence electrons. The fraction of sp³-hybridized carbons (Fsp3) is 0.188. The van der Waals surface area contributed by atoms with Crippen LogP contribution in [0.2, 0.25) is 0 Å². The molecule has 1 aromatic carbocycles. The lowest BCUT2D eigenvalue weighted by Crippen LogP contribution is -2.19. The van der Waals surface area contributed by atoms with Gasteiger partial charge in [0.1, 0.15) is 29.3 Å². The maximum Gasteiger partial charge on any atom is 0.294 e. The van der Waals surface area contributed by atoms with Crippen LogP contribution in [0.4, 0.5) is 4.39 Å². The third-order valence-electron chi connectivity index (χ3n) is 3.43. The zero-order valence-corrected chi connectivity index (χ0v) is 14.5. The van der Waals surface area contributed by atoms with Gasteiger partial charge in [0.15, 0.2) is 5.75 Å². The third kappa shape index (κ3) is 3.63. The van der Waals surface area contributed by atoms with E-state index in [2.05, 4.69) is 14.9 Å². The van der Waals surface area contributed by atoms with E-state index in [1.165, 1.54) is 29.9 Å². The largest absolute Gasteiger partial charge is 0.451 e. The van der Waals surface area contributed by atoms with E-state index in [1.54, 1.807) is 26.2 Å². The Bertz CT molecular complexity index is 993. The zero-order chi connectivity index (χ0) is 18.0. The van der Waals surface area contributed by atoms with Gasteiger partial charge in [0.25, 0.3) is 5.56 Å². The van der Waals surface area contributed by atoms with E-state index < -0.39 is 0 Å². The first-order chi connectivity index (χ1) is 12.0. The molecule has 0 aliphatic heterocycles. The summed E-state index contributed by atoms with van der Waals surface area (Å²) >= 11 is 0.833. The summed E-state index contributed by atoms with van der Waals surface area (Å²) in [6.45, 7) is 1.70. The lowest BCUT2D eigenvalue weighted by Gasteiger charge is -2.11. The Morgan fingerprint density at radius 1 is 1.24 bits per heavy atom. The molecule has 2 aromatic heterocycles. The van der Waals surface area contributed by atoms with Crippen molar-refractivity contribution in [3.05, 3.63) is 52.2 Å². The number of benzene rings is 1. The lowest BCUT2D eigenvalue weighted by molar-refractivity contribution is -0.160. The van der Waals surface area contributed by atoms with Gasteiger partial charge in [-0.05, 0) is 36.8 Å². The van der Waals surface area contributed by atoms with E-state index >= 15 is 0 Å². The predicted octanol–water partition coefficient (Wildman–Crippen LogP) is 3.15. The molecule has 25 heavy (non-hydrogen) atoms. The van der Waals surface area contributed by atoms with Gasteiger partial charge in [-0.1, -0.05) is 0 Å². The smallest absolute Gasteiger partial charge is 0.294 e. The number of halogens is 1. The van der Waals surface area contributed by atoms with Gasteiger partial charge in [-0.2, -0.15) is 4.33 Å². The average molecular weight is 363 g/mol. The predicted molar refractivity (Wildman–Crippen MR) is 89.9 cm³/mol. The Labute approximate surface area is 146 Å². The maximum atomic E-state index is 13.2. The molecule has 0 fully saturated rings. The summed E-state index contributed by atoms with van der Waals surface area (Å²) in [7, 11) is 2.94. The van der Waals surface area contributed by atoms with E-state index in [9.17, 15) is 9.18 Å². The standard InChI is InChI=1S/C16H14FN3O4S/c1-9-6-11(17)4-5-12(9)23-13-7-10-8-18-16(25-24-22-3)19-14(10)20(2)15(13)21/h4-8H,1-3H3. The minimum absolute atomic E-state index is 0.0989. The fourth-order valence-corrected chi connectivity index (χ4v) is 2.57. The number of aromatic nitrogens is 3. The number of ether oxygens (including phenoxy) is 1. The van der Waals surface area contributed by atoms with Gasteiger partial charge in [0.2, 0.25) is 5.16 Å². The summed E-state index contributed by atoms with van der Waals surface area (Å²) < 4.78 is 24.9. The molecule has 0 aliphatic carbocycles. The molecular formula is C16H14FN3O4S. The van der Waals surface area contributed by atoms with Crippen molar-refractivity contribution in [2.24, 2.45) is 7.05 Å². The molecule has 0 atom stereocenters. The lowest BCUT2D eigenvalue weighted by atomic mass is 10.2. The molecule has 0 aliphatic rings. The molecule has 3 rings (SSSR count). The third-order valence-corrected chi connectivity index (χ3v) is 3.98. The van der Waals surface area contributed by atoms with Crippen molar-refractivity contribution in [2.45, 2.75) is 12.1 Å². The van der Waals surface area contributed by atoms with Crippen LogP contribution >= 0.6 is 12.0 Å². The van der Waals surface area contributed by atoms with Crippen LogP contribution < -0.4 is 10.3 Å². The van der Waals surface area contributed by atoms with E-state index in [4.69, 9.17) is 9.07 Å². The molecular weight excluding hydrogens is 349 g/mol. The van der Waals surface area contributed by atoms with Gasteiger partial charge in [-0.3, -0.25) is 9.36 Å². The number of hydrogen-bond acceptors (Lipinski definition) is 7. The second-order valence-electron chi connectivity index (χ2n) is 5.13. The van der Waals surface area contributed by atoms with Gasteiger partial charge in [0.05, 0.1) is 7.11 Å². The first-order valence-electron chi connectivity index (χ1n) is 7.17. The van der Waals surface area contributed by atoms with E-state index in [0.717, 1.165) is 12.0 Å². The summed E-state index contributed by atoms with van der Waals surface area (Å²) in [5.74, 6) is 0.134. The molecule has 0 N–H and O–H groups in total. The Morgan fingerprint density at radius 3 is 2.76 bits per heavy atom. The molecule has 0 saturated heterocycles. The van der Waals surface area contributed by atoms with Gasteiger partial charge >= 0.3 is 0 Å².